The van der Waals surface area contributed by atoms with Crippen LogP contribution in [0.25, 0.3) is 0 Å². The van der Waals surface area contributed by atoms with Gasteiger partial charge in [0.15, 0.2) is 0 Å². The third-order valence-corrected chi connectivity index (χ3v) is 2.92. The van der Waals surface area contributed by atoms with Crippen molar-refractivity contribution in [3.8, 4) is 0 Å². The molecule has 0 saturated carbocycles. The minimum absolute atomic E-state index is 0.165. The molecule has 0 radical (unpaired) electrons. The fourth-order valence-corrected chi connectivity index (χ4v) is 1.91. The van der Waals surface area contributed by atoms with Crippen LogP contribution in [-0.4, -0.2) is 21.5 Å². The van der Waals surface area contributed by atoms with Crippen LogP contribution in [0.1, 0.15) is 32.3 Å². The molecule has 20 heavy (non-hydrogen) atoms. The predicted molar refractivity (Wildman–Crippen MR) is 82.8 cm³/mol. The van der Waals surface area contributed by atoms with Gasteiger partial charge < -0.3 is 10.6 Å². The van der Waals surface area contributed by atoms with Crippen LogP contribution >= 0.6 is 11.6 Å². The van der Waals surface area contributed by atoms with Crippen LogP contribution in [0.4, 0.5) is 17.6 Å². The van der Waals surface area contributed by atoms with E-state index in [-0.39, 0.29) is 5.28 Å². The Balaban J connectivity index is 2.23. The first-order valence-electron chi connectivity index (χ1n) is 6.61. The maximum absolute atomic E-state index is 5.89. The van der Waals surface area contributed by atoms with Crippen molar-refractivity contribution in [3.63, 3.8) is 0 Å². The highest BCUT2D eigenvalue weighted by atomic mass is 35.5. The van der Waals surface area contributed by atoms with Gasteiger partial charge in [0, 0.05) is 12.2 Å². The van der Waals surface area contributed by atoms with E-state index in [4.69, 9.17) is 11.6 Å². The van der Waals surface area contributed by atoms with E-state index < -0.39 is 0 Å². The van der Waals surface area contributed by atoms with Crippen LogP contribution in [0.2, 0.25) is 5.28 Å². The van der Waals surface area contributed by atoms with Gasteiger partial charge in [-0.3, -0.25) is 0 Å². The molecule has 1 heterocycles. The lowest BCUT2D eigenvalue weighted by atomic mass is 10.0. The van der Waals surface area contributed by atoms with Gasteiger partial charge in [0.05, 0.1) is 0 Å². The van der Waals surface area contributed by atoms with Crippen LogP contribution in [0.15, 0.2) is 24.3 Å². The van der Waals surface area contributed by atoms with Gasteiger partial charge in [-0.15, -0.1) is 0 Å². The molecule has 0 aliphatic rings. The summed E-state index contributed by atoms with van der Waals surface area (Å²) in [6, 6.07) is 8.15. The number of nitrogens with one attached hydrogen (secondary N) is 2. The van der Waals surface area contributed by atoms with Crippen LogP contribution in [0.3, 0.4) is 0 Å². The average molecular weight is 292 g/mol. The Morgan fingerprint density at radius 1 is 1.15 bits per heavy atom. The highest BCUT2D eigenvalue weighted by Crippen LogP contribution is 2.21. The molecule has 0 bridgehead atoms. The molecule has 106 valence electrons. The second-order valence-electron chi connectivity index (χ2n) is 4.69. The molecular weight excluding hydrogens is 274 g/mol. The second kappa shape index (κ2) is 6.52. The van der Waals surface area contributed by atoms with Gasteiger partial charge in [-0.2, -0.15) is 15.0 Å². The lowest BCUT2D eigenvalue weighted by Gasteiger charge is -2.10. The second-order valence-corrected chi connectivity index (χ2v) is 5.03. The number of halogens is 1. The molecule has 1 aromatic heterocycles. The zero-order valence-electron chi connectivity index (χ0n) is 11.8. The third-order valence-electron chi connectivity index (χ3n) is 2.75. The molecule has 0 spiro atoms. The largest absolute Gasteiger partial charge is 0.354 e. The number of benzene rings is 1. The van der Waals surface area contributed by atoms with Crippen LogP contribution in [0.5, 0.6) is 0 Å². The lowest BCUT2D eigenvalue weighted by molar-refractivity contribution is 0.867. The monoisotopic (exact) mass is 291 g/mol. The Hall–Kier alpha value is -1.88. The quantitative estimate of drug-likeness (QED) is 0.877. The number of hydrogen-bond donors (Lipinski definition) is 2. The molecule has 2 aromatic rings. The first-order valence-corrected chi connectivity index (χ1v) is 6.98. The SMILES string of the molecule is CCNc1nc(Cl)nc(Nc2cccc(C(C)C)c2)n1. The molecule has 0 unspecified atom stereocenters. The van der Waals surface area contributed by atoms with E-state index in [2.05, 4.69) is 51.6 Å². The minimum Gasteiger partial charge on any atom is -0.354 e. The normalized spacial score (nSPS) is 10.7. The maximum atomic E-state index is 5.89. The van der Waals surface area contributed by atoms with Gasteiger partial charge in [-0.25, -0.2) is 0 Å². The number of anilines is 3. The molecule has 0 aliphatic carbocycles. The molecular formula is C14H18ClN5. The van der Waals surface area contributed by atoms with E-state index in [9.17, 15) is 0 Å². The Morgan fingerprint density at radius 3 is 2.60 bits per heavy atom. The van der Waals surface area contributed by atoms with Crippen molar-refractivity contribution in [2.75, 3.05) is 17.2 Å². The third kappa shape index (κ3) is 3.81. The van der Waals surface area contributed by atoms with Crippen LogP contribution < -0.4 is 10.6 Å². The number of rotatable bonds is 5. The van der Waals surface area contributed by atoms with Crippen molar-refractivity contribution >= 4 is 29.2 Å². The maximum Gasteiger partial charge on any atom is 0.233 e. The van der Waals surface area contributed by atoms with E-state index >= 15 is 0 Å². The molecule has 0 aliphatic heterocycles. The standard InChI is InChI=1S/C14H18ClN5/c1-4-16-13-18-12(15)19-14(20-13)17-11-7-5-6-10(8-11)9(2)3/h5-9H,4H2,1-3H3,(H2,16,17,18,19,20). The number of aromatic nitrogens is 3. The van der Waals surface area contributed by atoms with Gasteiger partial charge in [-0.05, 0) is 42.1 Å². The summed E-state index contributed by atoms with van der Waals surface area (Å²) in [5.74, 6) is 1.37. The molecule has 2 rings (SSSR count). The van der Waals surface area contributed by atoms with Crippen molar-refractivity contribution in [2.24, 2.45) is 0 Å². The molecule has 2 N–H and O–H groups in total. The topological polar surface area (TPSA) is 62.7 Å². The van der Waals surface area contributed by atoms with E-state index in [1.54, 1.807) is 0 Å². The fourth-order valence-electron chi connectivity index (χ4n) is 1.75. The fraction of sp³-hybridized carbons (Fsp3) is 0.357. The minimum atomic E-state index is 0.165. The summed E-state index contributed by atoms with van der Waals surface area (Å²) in [7, 11) is 0. The van der Waals surface area contributed by atoms with Crippen molar-refractivity contribution in [1.29, 1.82) is 0 Å². The van der Waals surface area contributed by atoms with Crippen molar-refractivity contribution in [3.05, 3.63) is 35.1 Å². The van der Waals surface area contributed by atoms with Crippen LogP contribution in [-0.2, 0) is 0 Å². The van der Waals surface area contributed by atoms with Gasteiger partial charge in [-0.1, -0.05) is 26.0 Å². The molecule has 1 aromatic carbocycles. The lowest BCUT2D eigenvalue weighted by Crippen LogP contribution is -2.06. The molecule has 0 saturated heterocycles. The Morgan fingerprint density at radius 2 is 1.90 bits per heavy atom. The zero-order chi connectivity index (χ0) is 14.5. The zero-order valence-corrected chi connectivity index (χ0v) is 12.6. The Bertz CT molecular complexity index is 586. The van der Waals surface area contributed by atoms with Gasteiger partial charge in [0.1, 0.15) is 0 Å². The molecule has 0 fully saturated rings. The van der Waals surface area contributed by atoms with Crippen molar-refractivity contribution in [1.82, 2.24) is 15.0 Å². The van der Waals surface area contributed by atoms with Crippen molar-refractivity contribution in [2.45, 2.75) is 26.7 Å². The van der Waals surface area contributed by atoms with E-state index in [1.807, 2.05) is 19.1 Å². The first-order chi connectivity index (χ1) is 9.58. The summed E-state index contributed by atoms with van der Waals surface area (Å²) in [6.07, 6.45) is 0. The number of hydrogen-bond acceptors (Lipinski definition) is 5. The Kier molecular flexibility index (Phi) is 4.74. The number of nitrogens with zero attached hydrogens (tertiary/aromatic N) is 3. The first kappa shape index (κ1) is 14.5. The Labute approximate surface area is 123 Å². The van der Waals surface area contributed by atoms with Crippen LogP contribution in [0, 0.1) is 0 Å². The molecule has 5 nitrogen and oxygen atoms in total. The summed E-state index contributed by atoms with van der Waals surface area (Å²) in [4.78, 5) is 12.3. The van der Waals surface area contributed by atoms with Gasteiger partial charge in [0.2, 0.25) is 17.2 Å². The molecule has 0 amide bonds. The summed E-state index contributed by atoms with van der Waals surface area (Å²) in [5, 5.41) is 6.33. The highest BCUT2D eigenvalue weighted by Gasteiger charge is 2.06. The average Bonchev–Trinajstić information content (AvgIpc) is 2.38. The van der Waals surface area contributed by atoms with E-state index in [0.29, 0.717) is 17.8 Å². The van der Waals surface area contributed by atoms with Gasteiger partial charge >= 0.3 is 0 Å². The summed E-state index contributed by atoms with van der Waals surface area (Å²) < 4.78 is 0. The van der Waals surface area contributed by atoms with Crippen molar-refractivity contribution < 1.29 is 0 Å². The summed E-state index contributed by atoms with van der Waals surface area (Å²) in [6.45, 7) is 7.00. The smallest absolute Gasteiger partial charge is 0.233 e. The highest BCUT2D eigenvalue weighted by molar-refractivity contribution is 6.28. The summed E-state index contributed by atoms with van der Waals surface area (Å²) in [5.41, 5.74) is 2.18. The predicted octanol–water partition coefficient (Wildman–Crippen LogP) is 3.82. The van der Waals surface area contributed by atoms with Gasteiger partial charge in [0.25, 0.3) is 0 Å². The van der Waals surface area contributed by atoms with E-state index in [0.717, 1.165) is 12.2 Å². The van der Waals surface area contributed by atoms with E-state index in [1.165, 1.54) is 5.56 Å². The summed E-state index contributed by atoms with van der Waals surface area (Å²) >= 11 is 5.89. The molecule has 0 atom stereocenters. The molecule has 6 heteroatoms.